The second-order valence-electron chi connectivity index (χ2n) is 4.28. The zero-order chi connectivity index (χ0) is 13.1. The van der Waals surface area contributed by atoms with E-state index in [1.165, 1.54) is 0 Å². The molecule has 0 aliphatic carbocycles. The third-order valence-corrected chi connectivity index (χ3v) is 2.50. The van der Waals surface area contributed by atoms with E-state index < -0.39 is 0 Å². The summed E-state index contributed by atoms with van der Waals surface area (Å²) in [5, 5.41) is 7.74. The minimum absolute atomic E-state index is 0.234. The largest absolute Gasteiger partial charge is 0.363 e. The number of aromatic nitrogens is 5. The third-order valence-electron chi connectivity index (χ3n) is 2.30. The zero-order valence-electron chi connectivity index (χ0n) is 10.6. The van der Waals surface area contributed by atoms with E-state index in [2.05, 4.69) is 25.4 Å². The van der Waals surface area contributed by atoms with E-state index in [4.69, 9.17) is 11.6 Å². The lowest BCUT2D eigenvalue weighted by Crippen LogP contribution is -2.07. The molecule has 0 radical (unpaired) electrons. The first-order valence-electron chi connectivity index (χ1n) is 5.67. The Morgan fingerprint density at radius 1 is 1.39 bits per heavy atom. The van der Waals surface area contributed by atoms with Crippen LogP contribution in [0.15, 0.2) is 12.4 Å². The van der Waals surface area contributed by atoms with Crippen molar-refractivity contribution in [3.05, 3.63) is 29.2 Å². The van der Waals surface area contributed by atoms with Crippen LogP contribution in [0.1, 0.15) is 31.4 Å². The molecule has 18 heavy (non-hydrogen) atoms. The van der Waals surface area contributed by atoms with Gasteiger partial charge < -0.3 is 5.32 Å². The Bertz CT molecular complexity index is 536. The highest BCUT2D eigenvalue weighted by molar-refractivity contribution is 6.29. The van der Waals surface area contributed by atoms with Gasteiger partial charge in [0.2, 0.25) is 0 Å². The summed E-state index contributed by atoms with van der Waals surface area (Å²) >= 11 is 5.95. The average molecular weight is 267 g/mol. The first-order valence-corrected chi connectivity index (χ1v) is 6.05. The van der Waals surface area contributed by atoms with Crippen LogP contribution in [0.4, 0.5) is 5.82 Å². The van der Waals surface area contributed by atoms with Crippen molar-refractivity contribution in [1.29, 1.82) is 0 Å². The molecule has 2 heterocycles. The zero-order valence-corrected chi connectivity index (χ0v) is 11.3. The molecule has 0 spiro atoms. The van der Waals surface area contributed by atoms with Crippen molar-refractivity contribution in [2.45, 2.75) is 26.3 Å². The number of hydrogen-bond donors (Lipinski definition) is 1. The van der Waals surface area contributed by atoms with E-state index in [0.29, 0.717) is 23.3 Å². The van der Waals surface area contributed by atoms with Crippen LogP contribution < -0.4 is 5.32 Å². The quantitative estimate of drug-likeness (QED) is 0.857. The molecular formula is C11H15ClN6. The monoisotopic (exact) mass is 266 g/mol. The smallest absolute Gasteiger partial charge is 0.169 e. The molecule has 7 heteroatoms. The maximum absolute atomic E-state index is 5.95. The fraction of sp³-hybridized carbons (Fsp3) is 0.455. The van der Waals surface area contributed by atoms with Gasteiger partial charge in [-0.25, -0.2) is 15.0 Å². The van der Waals surface area contributed by atoms with Crippen molar-refractivity contribution in [2.75, 3.05) is 5.32 Å². The van der Waals surface area contributed by atoms with Crippen molar-refractivity contribution in [1.82, 2.24) is 24.7 Å². The maximum Gasteiger partial charge on any atom is 0.169 e. The molecule has 2 aromatic rings. The highest BCUT2D eigenvalue weighted by atomic mass is 35.5. The molecule has 0 unspecified atom stereocenters. The molecule has 0 atom stereocenters. The number of rotatable bonds is 4. The van der Waals surface area contributed by atoms with Crippen LogP contribution in [0.3, 0.4) is 0 Å². The van der Waals surface area contributed by atoms with Crippen LogP contribution >= 0.6 is 11.6 Å². The van der Waals surface area contributed by atoms with Crippen LogP contribution in [-0.4, -0.2) is 24.7 Å². The molecule has 2 aromatic heterocycles. The molecule has 2 rings (SSSR count). The van der Waals surface area contributed by atoms with E-state index in [0.717, 1.165) is 5.82 Å². The van der Waals surface area contributed by atoms with Gasteiger partial charge in [0.1, 0.15) is 23.1 Å². The number of anilines is 1. The van der Waals surface area contributed by atoms with Crippen molar-refractivity contribution in [3.63, 3.8) is 0 Å². The van der Waals surface area contributed by atoms with Gasteiger partial charge in [-0.15, -0.1) is 0 Å². The van der Waals surface area contributed by atoms with Crippen molar-refractivity contribution in [3.8, 4) is 0 Å². The highest BCUT2D eigenvalue weighted by Crippen LogP contribution is 2.17. The maximum atomic E-state index is 5.95. The van der Waals surface area contributed by atoms with Gasteiger partial charge in [0.15, 0.2) is 5.82 Å². The molecule has 0 aliphatic rings. The van der Waals surface area contributed by atoms with Gasteiger partial charge in [-0.2, -0.15) is 5.10 Å². The van der Waals surface area contributed by atoms with Crippen molar-refractivity contribution < 1.29 is 0 Å². The van der Waals surface area contributed by atoms with E-state index in [1.54, 1.807) is 17.1 Å². The van der Waals surface area contributed by atoms with Crippen LogP contribution in [0, 0.1) is 0 Å². The van der Waals surface area contributed by atoms with E-state index in [9.17, 15) is 0 Å². The van der Waals surface area contributed by atoms with E-state index >= 15 is 0 Å². The predicted octanol–water partition coefficient (Wildman–Crippen LogP) is 1.99. The number of halogens is 1. The second-order valence-corrected chi connectivity index (χ2v) is 4.66. The van der Waals surface area contributed by atoms with Crippen molar-refractivity contribution in [2.24, 2.45) is 7.05 Å². The second kappa shape index (κ2) is 5.30. The molecule has 0 aromatic carbocycles. The van der Waals surface area contributed by atoms with Gasteiger partial charge in [-0.1, -0.05) is 25.4 Å². The molecule has 6 nitrogen and oxygen atoms in total. The Balaban J connectivity index is 2.09. The van der Waals surface area contributed by atoms with Crippen LogP contribution in [-0.2, 0) is 13.6 Å². The fourth-order valence-electron chi connectivity index (χ4n) is 1.42. The summed E-state index contributed by atoms with van der Waals surface area (Å²) < 4.78 is 1.66. The number of nitrogens with zero attached hydrogens (tertiary/aromatic N) is 5. The molecule has 0 saturated carbocycles. The Kier molecular flexibility index (Phi) is 3.76. The van der Waals surface area contributed by atoms with Gasteiger partial charge in [0, 0.05) is 19.0 Å². The van der Waals surface area contributed by atoms with E-state index in [-0.39, 0.29) is 5.92 Å². The Morgan fingerprint density at radius 3 is 2.78 bits per heavy atom. The number of aryl methyl sites for hydroxylation is 1. The third kappa shape index (κ3) is 3.16. The van der Waals surface area contributed by atoms with Crippen LogP contribution in [0.2, 0.25) is 5.15 Å². The predicted molar refractivity (Wildman–Crippen MR) is 69.5 cm³/mol. The number of nitrogens with one attached hydrogen (secondary N) is 1. The van der Waals surface area contributed by atoms with Gasteiger partial charge in [0.25, 0.3) is 0 Å². The molecular weight excluding hydrogens is 252 g/mol. The fourth-order valence-corrected chi connectivity index (χ4v) is 1.61. The lowest BCUT2D eigenvalue weighted by atomic mass is 10.2. The number of hydrogen-bond acceptors (Lipinski definition) is 5. The van der Waals surface area contributed by atoms with Gasteiger partial charge in [-0.05, 0) is 0 Å². The molecule has 0 saturated heterocycles. The highest BCUT2D eigenvalue weighted by Gasteiger charge is 2.07. The standard InChI is InChI=1S/C11H15ClN6/c1-7(2)11-15-8(12)4-9(16-11)13-5-10-14-6-18(3)17-10/h4,6-7H,5H2,1-3H3,(H,13,15,16). The molecule has 96 valence electrons. The summed E-state index contributed by atoms with van der Waals surface area (Å²) in [7, 11) is 1.83. The van der Waals surface area contributed by atoms with Crippen molar-refractivity contribution >= 4 is 17.4 Å². The minimum atomic E-state index is 0.234. The topological polar surface area (TPSA) is 68.5 Å². The Morgan fingerprint density at radius 2 is 2.17 bits per heavy atom. The SMILES string of the molecule is CC(C)c1nc(Cl)cc(NCc2ncn(C)n2)n1. The Hall–Kier alpha value is -1.69. The molecule has 0 amide bonds. The van der Waals surface area contributed by atoms with Gasteiger partial charge >= 0.3 is 0 Å². The summed E-state index contributed by atoms with van der Waals surface area (Å²) in [6, 6.07) is 1.69. The summed E-state index contributed by atoms with van der Waals surface area (Å²) in [5.74, 6) is 2.35. The molecule has 0 fully saturated rings. The molecule has 0 bridgehead atoms. The lowest BCUT2D eigenvalue weighted by Gasteiger charge is -2.08. The average Bonchev–Trinajstić information content (AvgIpc) is 2.72. The first kappa shape index (κ1) is 12.8. The Labute approximate surface area is 110 Å². The molecule has 0 aliphatic heterocycles. The van der Waals surface area contributed by atoms with E-state index in [1.807, 2.05) is 20.9 Å². The van der Waals surface area contributed by atoms with Crippen LogP contribution in [0.5, 0.6) is 0 Å². The first-order chi connectivity index (χ1) is 8.54. The van der Waals surface area contributed by atoms with Crippen LogP contribution in [0.25, 0.3) is 0 Å². The summed E-state index contributed by atoms with van der Waals surface area (Å²) in [5.41, 5.74) is 0. The summed E-state index contributed by atoms with van der Waals surface area (Å²) in [6.07, 6.45) is 1.66. The molecule has 1 N–H and O–H groups in total. The van der Waals surface area contributed by atoms with Gasteiger partial charge in [-0.3, -0.25) is 4.68 Å². The minimum Gasteiger partial charge on any atom is -0.363 e. The summed E-state index contributed by atoms with van der Waals surface area (Å²) in [4.78, 5) is 12.7. The normalized spacial score (nSPS) is 10.9. The summed E-state index contributed by atoms with van der Waals surface area (Å²) in [6.45, 7) is 4.55. The van der Waals surface area contributed by atoms with Gasteiger partial charge in [0.05, 0.1) is 6.54 Å². The lowest BCUT2D eigenvalue weighted by molar-refractivity contribution is 0.745.